The molecule has 0 saturated heterocycles. The van der Waals surface area contributed by atoms with Gasteiger partial charge in [0, 0.05) is 6.07 Å². The molecule has 0 amide bonds. The van der Waals surface area contributed by atoms with E-state index in [0.29, 0.717) is 21.6 Å². The number of rotatable bonds is 2. The highest BCUT2D eigenvalue weighted by Crippen LogP contribution is 2.38. The van der Waals surface area contributed by atoms with Crippen molar-refractivity contribution in [3.05, 3.63) is 54.6 Å². The average molecular weight is 321 g/mol. The van der Waals surface area contributed by atoms with Crippen LogP contribution in [0.15, 0.2) is 64.8 Å². The SMILES string of the molecule is Oc1cc(N=Nc2nc3ccccc3s2)c2c(O)cccc2c1. The molecular weight excluding hydrogens is 310 g/mol. The molecule has 3 aromatic carbocycles. The lowest BCUT2D eigenvalue weighted by Gasteiger charge is -2.04. The van der Waals surface area contributed by atoms with Crippen molar-refractivity contribution in [1.29, 1.82) is 0 Å². The Morgan fingerprint density at radius 2 is 1.78 bits per heavy atom. The van der Waals surface area contributed by atoms with Crippen LogP contribution in [0, 0.1) is 0 Å². The molecule has 1 aromatic heterocycles. The van der Waals surface area contributed by atoms with E-state index in [9.17, 15) is 10.2 Å². The Bertz CT molecular complexity index is 1020. The van der Waals surface area contributed by atoms with Gasteiger partial charge in [0.2, 0.25) is 5.13 Å². The molecule has 0 radical (unpaired) electrons. The van der Waals surface area contributed by atoms with Crippen LogP contribution in [0.4, 0.5) is 10.8 Å². The van der Waals surface area contributed by atoms with Gasteiger partial charge in [0.15, 0.2) is 0 Å². The zero-order chi connectivity index (χ0) is 15.8. The summed E-state index contributed by atoms with van der Waals surface area (Å²) >= 11 is 1.43. The van der Waals surface area contributed by atoms with Gasteiger partial charge in [0.25, 0.3) is 0 Å². The van der Waals surface area contributed by atoms with Crippen LogP contribution in [-0.4, -0.2) is 15.2 Å². The predicted molar refractivity (Wildman–Crippen MR) is 91.1 cm³/mol. The number of thiazole rings is 1. The molecular formula is C17H11N3O2S. The number of aromatic hydroxyl groups is 2. The molecule has 0 spiro atoms. The van der Waals surface area contributed by atoms with E-state index >= 15 is 0 Å². The highest BCUT2D eigenvalue weighted by atomic mass is 32.1. The molecule has 4 rings (SSSR count). The minimum absolute atomic E-state index is 0.0707. The Hall–Kier alpha value is -2.99. The Balaban J connectivity index is 1.83. The van der Waals surface area contributed by atoms with Gasteiger partial charge in [-0.05, 0) is 29.7 Å². The number of phenolic OH excluding ortho intramolecular Hbond substituents is 2. The van der Waals surface area contributed by atoms with Crippen LogP contribution in [0.3, 0.4) is 0 Å². The topological polar surface area (TPSA) is 78.1 Å². The van der Waals surface area contributed by atoms with Crippen LogP contribution in [0.2, 0.25) is 0 Å². The fourth-order valence-corrected chi connectivity index (χ4v) is 3.24. The summed E-state index contributed by atoms with van der Waals surface area (Å²) in [5, 5.41) is 30.0. The Morgan fingerprint density at radius 3 is 2.65 bits per heavy atom. The fourth-order valence-electron chi connectivity index (χ4n) is 2.45. The lowest BCUT2D eigenvalue weighted by atomic mass is 10.1. The fraction of sp³-hybridized carbons (Fsp3) is 0. The maximum absolute atomic E-state index is 10.1. The number of hydrogen-bond donors (Lipinski definition) is 2. The van der Waals surface area contributed by atoms with Gasteiger partial charge in [-0.15, -0.1) is 10.2 Å². The van der Waals surface area contributed by atoms with E-state index < -0.39 is 0 Å². The molecule has 6 heteroatoms. The summed E-state index contributed by atoms with van der Waals surface area (Å²) in [6, 6.07) is 15.9. The van der Waals surface area contributed by atoms with Crippen molar-refractivity contribution in [2.75, 3.05) is 0 Å². The number of nitrogens with zero attached hydrogens (tertiary/aromatic N) is 3. The van der Waals surface area contributed by atoms with Gasteiger partial charge in [-0.1, -0.05) is 35.6 Å². The van der Waals surface area contributed by atoms with E-state index in [1.165, 1.54) is 17.4 Å². The van der Waals surface area contributed by atoms with Crippen LogP contribution >= 0.6 is 11.3 Å². The first-order valence-electron chi connectivity index (χ1n) is 6.93. The Morgan fingerprint density at radius 1 is 0.913 bits per heavy atom. The summed E-state index contributed by atoms with van der Waals surface area (Å²) < 4.78 is 1.03. The maximum Gasteiger partial charge on any atom is 0.231 e. The average Bonchev–Trinajstić information content (AvgIpc) is 2.95. The van der Waals surface area contributed by atoms with Crippen LogP contribution in [0.25, 0.3) is 21.0 Å². The van der Waals surface area contributed by atoms with E-state index in [4.69, 9.17) is 0 Å². The van der Waals surface area contributed by atoms with E-state index in [1.807, 2.05) is 24.3 Å². The molecule has 0 unspecified atom stereocenters. The Labute approximate surface area is 135 Å². The van der Waals surface area contributed by atoms with Gasteiger partial charge in [0.1, 0.15) is 17.2 Å². The third kappa shape index (κ3) is 2.49. The summed E-state index contributed by atoms with van der Waals surface area (Å²) in [5.74, 6) is 0.169. The highest BCUT2D eigenvalue weighted by Gasteiger charge is 2.08. The zero-order valence-electron chi connectivity index (χ0n) is 11.8. The smallest absolute Gasteiger partial charge is 0.231 e. The van der Waals surface area contributed by atoms with Gasteiger partial charge in [0.05, 0.1) is 15.6 Å². The van der Waals surface area contributed by atoms with Crippen LogP contribution < -0.4 is 0 Å². The molecule has 0 aliphatic carbocycles. The van der Waals surface area contributed by atoms with Crippen molar-refractivity contribution in [3.8, 4) is 11.5 Å². The van der Waals surface area contributed by atoms with E-state index in [2.05, 4.69) is 15.2 Å². The molecule has 0 atom stereocenters. The number of benzene rings is 3. The van der Waals surface area contributed by atoms with Gasteiger partial charge in [-0.2, -0.15) is 0 Å². The second-order valence-electron chi connectivity index (χ2n) is 5.00. The quantitative estimate of drug-likeness (QED) is 0.493. The van der Waals surface area contributed by atoms with Gasteiger partial charge in [-0.25, -0.2) is 4.98 Å². The van der Waals surface area contributed by atoms with Crippen molar-refractivity contribution in [3.63, 3.8) is 0 Å². The zero-order valence-corrected chi connectivity index (χ0v) is 12.7. The lowest BCUT2D eigenvalue weighted by Crippen LogP contribution is -1.76. The molecule has 0 aliphatic heterocycles. The van der Waals surface area contributed by atoms with Crippen molar-refractivity contribution in [1.82, 2.24) is 4.98 Å². The second-order valence-corrected chi connectivity index (χ2v) is 6.01. The first-order valence-corrected chi connectivity index (χ1v) is 7.74. The van der Waals surface area contributed by atoms with Crippen molar-refractivity contribution >= 4 is 43.1 Å². The maximum atomic E-state index is 10.1. The first kappa shape index (κ1) is 13.7. The van der Waals surface area contributed by atoms with Gasteiger partial charge in [-0.3, -0.25) is 0 Å². The molecule has 0 aliphatic rings. The third-order valence-corrected chi connectivity index (χ3v) is 4.37. The largest absolute Gasteiger partial charge is 0.508 e. The third-order valence-electron chi connectivity index (χ3n) is 3.44. The predicted octanol–water partition coefficient (Wildman–Crippen LogP) is 5.28. The van der Waals surface area contributed by atoms with Crippen molar-refractivity contribution < 1.29 is 10.2 Å². The molecule has 23 heavy (non-hydrogen) atoms. The van der Waals surface area contributed by atoms with E-state index in [-0.39, 0.29) is 11.5 Å². The molecule has 0 saturated carbocycles. The number of aromatic nitrogens is 1. The van der Waals surface area contributed by atoms with E-state index in [1.54, 1.807) is 24.3 Å². The number of azo groups is 1. The summed E-state index contributed by atoms with van der Waals surface area (Å²) in [5.41, 5.74) is 1.27. The molecule has 4 aromatic rings. The number of hydrogen-bond acceptors (Lipinski definition) is 6. The first-order chi connectivity index (χ1) is 11.2. The highest BCUT2D eigenvalue weighted by molar-refractivity contribution is 7.21. The van der Waals surface area contributed by atoms with Gasteiger partial charge >= 0.3 is 0 Å². The molecule has 2 N–H and O–H groups in total. The summed E-state index contributed by atoms with van der Waals surface area (Å²) in [7, 11) is 0. The normalized spacial score (nSPS) is 11.7. The monoisotopic (exact) mass is 321 g/mol. The lowest BCUT2D eigenvalue weighted by molar-refractivity contribution is 0.475. The second kappa shape index (κ2) is 5.33. The summed E-state index contributed by atoms with van der Waals surface area (Å²) in [6.07, 6.45) is 0. The molecule has 0 bridgehead atoms. The van der Waals surface area contributed by atoms with E-state index in [0.717, 1.165) is 10.2 Å². The van der Waals surface area contributed by atoms with Crippen molar-refractivity contribution in [2.45, 2.75) is 0 Å². The number of phenols is 2. The Kier molecular flexibility index (Phi) is 3.17. The molecule has 0 fully saturated rings. The number of para-hydroxylation sites is 1. The molecule has 1 heterocycles. The summed E-state index contributed by atoms with van der Waals surface area (Å²) in [4.78, 5) is 4.39. The standard InChI is InChI=1S/C17H11N3O2S/c21-11-8-10-4-3-6-14(22)16(10)13(9-11)19-20-17-18-12-5-1-2-7-15(12)23-17/h1-9,21-22H. The number of fused-ring (bicyclic) bond motifs is 2. The molecule has 5 nitrogen and oxygen atoms in total. The minimum atomic E-state index is 0.0707. The van der Waals surface area contributed by atoms with Crippen LogP contribution in [0.5, 0.6) is 11.5 Å². The minimum Gasteiger partial charge on any atom is -0.508 e. The van der Waals surface area contributed by atoms with Crippen LogP contribution in [-0.2, 0) is 0 Å². The van der Waals surface area contributed by atoms with Crippen LogP contribution in [0.1, 0.15) is 0 Å². The van der Waals surface area contributed by atoms with Gasteiger partial charge < -0.3 is 10.2 Å². The molecule has 112 valence electrons. The van der Waals surface area contributed by atoms with Crippen molar-refractivity contribution in [2.24, 2.45) is 10.2 Å². The summed E-state index contributed by atoms with van der Waals surface area (Å²) in [6.45, 7) is 0.